The smallest absolute Gasteiger partial charge is 0.409 e. The summed E-state index contributed by atoms with van der Waals surface area (Å²) >= 11 is 12.4. The second-order valence-electron chi connectivity index (χ2n) is 7.26. The zero-order chi connectivity index (χ0) is 22.7. The number of halogens is 2. The van der Waals surface area contributed by atoms with Gasteiger partial charge in [-0.2, -0.15) is 5.10 Å². The Hall–Kier alpha value is -3.03. The van der Waals surface area contributed by atoms with E-state index >= 15 is 0 Å². The van der Waals surface area contributed by atoms with Gasteiger partial charge in [0.05, 0.1) is 23.0 Å². The van der Waals surface area contributed by atoms with Crippen molar-refractivity contribution in [1.82, 2.24) is 19.6 Å². The van der Waals surface area contributed by atoms with Gasteiger partial charge in [-0.25, -0.2) is 9.48 Å². The van der Waals surface area contributed by atoms with Crippen LogP contribution in [0.4, 0.5) is 4.79 Å². The van der Waals surface area contributed by atoms with Gasteiger partial charge in [0.15, 0.2) is 0 Å². The van der Waals surface area contributed by atoms with Crippen LogP contribution >= 0.6 is 23.2 Å². The SMILES string of the molecule is CCOC(=O)N1CCN(C(=O)c2cc(-c3ccccc3Cl)nn2-c2ccc(Cl)cc2)CC1. The molecule has 32 heavy (non-hydrogen) atoms. The number of rotatable bonds is 4. The normalized spacial score (nSPS) is 13.8. The van der Waals surface area contributed by atoms with Crippen LogP contribution in [0.2, 0.25) is 10.0 Å². The molecule has 2 aromatic carbocycles. The van der Waals surface area contributed by atoms with Crippen LogP contribution in [0, 0.1) is 0 Å². The Labute approximate surface area is 196 Å². The van der Waals surface area contributed by atoms with Crippen LogP contribution < -0.4 is 0 Å². The number of amides is 2. The predicted octanol–water partition coefficient (Wildman–Crippen LogP) is 4.76. The van der Waals surface area contributed by atoms with E-state index < -0.39 is 0 Å². The zero-order valence-electron chi connectivity index (χ0n) is 17.5. The molecule has 0 aliphatic carbocycles. The zero-order valence-corrected chi connectivity index (χ0v) is 19.0. The van der Waals surface area contributed by atoms with Crippen molar-refractivity contribution >= 4 is 35.2 Å². The molecule has 2 amide bonds. The van der Waals surface area contributed by atoms with Crippen LogP contribution in [0.25, 0.3) is 16.9 Å². The lowest BCUT2D eigenvalue weighted by atomic mass is 10.1. The molecule has 0 spiro atoms. The van der Waals surface area contributed by atoms with Crippen molar-refractivity contribution < 1.29 is 14.3 Å². The Balaban J connectivity index is 1.65. The van der Waals surface area contributed by atoms with Gasteiger partial charge in [-0.05, 0) is 43.3 Å². The second kappa shape index (κ2) is 9.63. The van der Waals surface area contributed by atoms with E-state index in [1.54, 1.807) is 57.8 Å². The Bertz CT molecular complexity index is 1120. The molecular formula is C23H22Cl2N4O3. The summed E-state index contributed by atoms with van der Waals surface area (Å²) < 4.78 is 6.66. The van der Waals surface area contributed by atoms with E-state index in [9.17, 15) is 9.59 Å². The lowest BCUT2D eigenvalue weighted by Crippen LogP contribution is -2.51. The van der Waals surface area contributed by atoms with E-state index in [4.69, 9.17) is 27.9 Å². The quantitative estimate of drug-likeness (QED) is 0.548. The molecule has 0 atom stereocenters. The summed E-state index contributed by atoms with van der Waals surface area (Å²) in [4.78, 5) is 28.8. The van der Waals surface area contributed by atoms with Crippen LogP contribution in [0.5, 0.6) is 0 Å². The third kappa shape index (κ3) is 4.59. The Kier molecular flexibility index (Phi) is 6.67. The van der Waals surface area contributed by atoms with E-state index in [1.165, 1.54) is 0 Å². The largest absolute Gasteiger partial charge is 0.450 e. The summed E-state index contributed by atoms with van der Waals surface area (Å²) in [7, 11) is 0. The van der Waals surface area contributed by atoms with E-state index in [-0.39, 0.29) is 12.0 Å². The molecule has 4 rings (SSSR count). The lowest BCUT2D eigenvalue weighted by molar-refractivity contribution is 0.0563. The average molecular weight is 473 g/mol. The molecule has 0 radical (unpaired) electrons. The number of ether oxygens (including phenoxy) is 1. The third-order valence-electron chi connectivity index (χ3n) is 5.24. The predicted molar refractivity (Wildman–Crippen MR) is 124 cm³/mol. The molecule has 1 aliphatic rings. The van der Waals surface area contributed by atoms with Crippen molar-refractivity contribution in [2.75, 3.05) is 32.8 Å². The van der Waals surface area contributed by atoms with Crippen molar-refractivity contribution in [3.63, 3.8) is 0 Å². The Morgan fingerprint density at radius 1 is 0.969 bits per heavy atom. The number of hydrogen-bond donors (Lipinski definition) is 0. The maximum absolute atomic E-state index is 13.5. The van der Waals surface area contributed by atoms with Crippen LogP contribution in [-0.2, 0) is 4.74 Å². The second-order valence-corrected chi connectivity index (χ2v) is 8.10. The van der Waals surface area contributed by atoms with Gasteiger partial charge in [-0.1, -0.05) is 41.4 Å². The van der Waals surface area contributed by atoms with Crippen molar-refractivity contribution in [3.8, 4) is 16.9 Å². The topological polar surface area (TPSA) is 67.7 Å². The number of nitrogens with zero attached hydrogens (tertiary/aromatic N) is 4. The minimum Gasteiger partial charge on any atom is -0.450 e. The first kappa shape index (κ1) is 22.2. The van der Waals surface area contributed by atoms with Crippen molar-refractivity contribution in [3.05, 3.63) is 70.3 Å². The van der Waals surface area contributed by atoms with Gasteiger partial charge in [0.2, 0.25) is 0 Å². The molecule has 1 saturated heterocycles. The number of piperazine rings is 1. The summed E-state index contributed by atoms with van der Waals surface area (Å²) in [6.45, 7) is 3.74. The number of carbonyl (C=O) groups is 2. The summed E-state index contributed by atoms with van der Waals surface area (Å²) in [6.07, 6.45) is -0.355. The van der Waals surface area contributed by atoms with E-state index in [1.807, 2.05) is 18.2 Å². The van der Waals surface area contributed by atoms with Gasteiger partial charge < -0.3 is 14.5 Å². The molecule has 0 saturated carbocycles. The van der Waals surface area contributed by atoms with Crippen molar-refractivity contribution in [1.29, 1.82) is 0 Å². The van der Waals surface area contributed by atoms with Crippen LogP contribution in [-0.4, -0.2) is 64.4 Å². The number of aromatic nitrogens is 2. The van der Waals surface area contributed by atoms with Gasteiger partial charge in [0, 0.05) is 36.8 Å². The Morgan fingerprint density at radius 2 is 1.62 bits per heavy atom. The fourth-order valence-corrected chi connectivity index (χ4v) is 3.94. The van der Waals surface area contributed by atoms with Crippen molar-refractivity contribution in [2.45, 2.75) is 6.92 Å². The summed E-state index contributed by atoms with van der Waals surface area (Å²) in [6, 6.07) is 16.2. The van der Waals surface area contributed by atoms with Gasteiger partial charge in [0.1, 0.15) is 5.69 Å². The van der Waals surface area contributed by atoms with Gasteiger partial charge in [-0.3, -0.25) is 4.79 Å². The molecule has 7 nitrogen and oxygen atoms in total. The highest BCUT2D eigenvalue weighted by Gasteiger charge is 2.28. The van der Waals surface area contributed by atoms with Gasteiger partial charge in [0.25, 0.3) is 5.91 Å². The molecule has 166 valence electrons. The highest BCUT2D eigenvalue weighted by molar-refractivity contribution is 6.33. The molecule has 1 aliphatic heterocycles. The van der Waals surface area contributed by atoms with Gasteiger partial charge >= 0.3 is 6.09 Å². The molecule has 0 unspecified atom stereocenters. The monoisotopic (exact) mass is 472 g/mol. The first-order valence-corrected chi connectivity index (χ1v) is 11.1. The third-order valence-corrected chi connectivity index (χ3v) is 5.82. The van der Waals surface area contributed by atoms with Gasteiger partial charge in [-0.15, -0.1) is 0 Å². The molecule has 2 heterocycles. The van der Waals surface area contributed by atoms with E-state index in [2.05, 4.69) is 5.10 Å². The maximum atomic E-state index is 13.5. The first-order valence-electron chi connectivity index (χ1n) is 10.3. The standard InChI is InChI=1S/C23H22Cl2N4O3/c1-2-32-23(31)28-13-11-27(12-14-28)22(30)21-15-20(18-5-3-4-6-19(18)25)26-29(21)17-9-7-16(24)8-10-17/h3-10,15H,2,11-14H2,1H3. The van der Waals surface area contributed by atoms with Crippen LogP contribution in [0.3, 0.4) is 0 Å². The number of carbonyl (C=O) groups excluding carboxylic acids is 2. The minimum atomic E-state index is -0.355. The van der Waals surface area contributed by atoms with Crippen LogP contribution in [0.1, 0.15) is 17.4 Å². The number of hydrogen-bond acceptors (Lipinski definition) is 4. The number of benzene rings is 2. The van der Waals surface area contributed by atoms with Crippen molar-refractivity contribution in [2.24, 2.45) is 0 Å². The highest BCUT2D eigenvalue weighted by Crippen LogP contribution is 2.29. The molecule has 0 N–H and O–H groups in total. The molecule has 9 heteroatoms. The molecule has 1 aromatic heterocycles. The maximum Gasteiger partial charge on any atom is 0.409 e. The minimum absolute atomic E-state index is 0.172. The van der Waals surface area contributed by atoms with Crippen LogP contribution in [0.15, 0.2) is 54.6 Å². The summed E-state index contributed by atoms with van der Waals surface area (Å²) in [5, 5.41) is 5.83. The molecule has 1 fully saturated rings. The molecular weight excluding hydrogens is 451 g/mol. The fourth-order valence-electron chi connectivity index (χ4n) is 3.58. The molecule has 0 bridgehead atoms. The van der Waals surface area contributed by atoms with E-state index in [0.29, 0.717) is 59.9 Å². The average Bonchev–Trinajstić information content (AvgIpc) is 3.25. The van der Waals surface area contributed by atoms with E-state index in [0.717, 1.165) is 5.56 Å². The first-order chi connectivity index (χ1) is 15.5. The summed E-state index contributed by atoms with van der Waals surface area (Å²) in [5.74, 6) is -0.172. The molecule has 3 aromatic rings. The Morgan fingerprint density at radius 3 is 2.28 bits per heavy atom. The fraction of sp³-hybridized carbons (Fsp3) is 0.261. The lowest BCUT2D eigenvalue weighted by Gasteiger charge is -2.34. The highest BCUT2D eigenvalue weighted by atomic mass is 35.5. The summed E-state index contributed by atoms with van der Waals surface area (Å²) in [5.41, 5.74) is 2.45.